The molecule has 1 aromatic rings. The minimum atomic E-state index is -0.865. The van der Waals surface area contributed by atoms with Gasteiger partial charge in [-0.25, -0.2) is 4.98 Å². The van der Waals surface area contributed by atoms with Crippen LogP contribution in [0.1, 0.15) is 50.5 Å². The van der Waals surface area contributed by atoms with Gasteiger partial charge in [0, 0.05) is 44.4 Å². The molecule has 2 saturated heterocycles. The number of hydrogen-bond acceptors (Lipinski definition) is 4. The maximum atomic E-state index is 11.7. The van der Waals surface area contributed by atoms with Crippen LogP contribution in [-0.2, 0) is 22.6 Å². The highest BCUT2D eigenvalue weighted by Gasteiger charge is 2.51. The first-order valence-corrected chi connectivity index (χ1v) is 8.81. The molecule has 2 aliphatic heterocycles. The number of aromatic amines is 1. The summed E-state index contributed by atoms with van der Waals surface area (Å²) in [5, 5.41) is 12.3. The predicted octanol–water partition coefficient (Wildman–Crippen LogP) is 1.31. The van der Waals surface area contributed by atoms with Gasteiger partial charge in [0.25, 0.3) is 0 Å². The molecule has 0 saturated carbocycles. The molecule has 0 aromatic carbocycles. The molecule has 7 heteroatoms. The Morgan fingerprint density at radius 1 is 1.46 bits per heavy atom. The number of piperidine rings is 1. The summed E-state index contributed by atoms with van der Waals surface area (Å²) >= 11 is 0. The molecule has 1 amide bonds. The Bertz CT molecular complexity index is 605. The third kappa shape index (κ3) is 3.45. The van der Waals surface area contributed by atoms with Crippen LogP contribution < -0.4 is 5.32 Å². The second-order valence-corrected chi connectivity index (χ2v) is 7.03. The molecular weight excluding hydrogens is 308 g/mol. The first-order chi connectivity index (χ1) is 11.5. The second-order valence-electron chi connectivity index (χ2n) is 7.03. The van der Waals surface area contributed by atoms with Gasteiger partial charge in [-0.15, -0.1) is 0 Å². The number of imidazole rings is 1. The Labute approximate surface area is 141 Å². The van der Waals surface area contributed by atoms with Crippen LogP contribution in [0.2, 0.25) is 0 Å². The van der Waals surface area contributed by atoms with Gasteiger partial charge in [-0.2, -0.15) is 0 Å². The predicted molar refractivity (Wildman–Crippen MR) is 88.3 cm³/mol. The fourth-order valence-corrected chi connectivity index (χ4v) is 3.90. The van der Waals surface area contributed by atoms with E-state index >= 15 is 0 Å². The second kappa shape index (κ2) is 6.93. The zero-order valence-corrected chi connectivity index (χ0v) is 14.2. The maximum Gasteiger partial charge on any atom is 0.309 e. The van der Waals surface area contributed by atoms with E-state index in [1.165, 1.54) is 0 Å². The quantitative estimate of drug-likeness (QED) is 0.728. The van der Waals surface area contributed by atoms with Crippen LogP contribution in [-0.4, -0.2) is 50.5 Å². The van der Waals surface area contributed by atoms with Gasteiger partial charge in [-0.05, 0) is 19.3 Å². The average molecular weight is 334 g/mol. The third-order valence-electron chi connectivity index (χ3n) is 5.33. The van der Waals surface area contributed by atoms with Gasteiger partial charge in [-0.3, -0.25) is 14.5 Å². The van der Waals surface area contributed by atoms with Crippen molar-refractivity contribution in [3.8, 4) is 0 Å². The van der Waals surface area contributed by atoms with E-state index in [0.717, 1.165) is 50.4 Å². The number of nitrogens with one attached hydrogen (secondary N) is 2. The van der Waals surface area contributed by atoms with Crippen molar-refractivity contribution in [2.75, 3.05) is 13.1 Å². The van der Waals surface area contributed by atoms with Crippen molar-refractivity contribution in [2.24, 2.45) is 5.92 Å². The number of H-pyrrole nitrogens is 1. The molecule has 24 heavy (non-hydrogen) atoms. The number of carbonyl (C=O) groups is 2. The van der Waals surface area contributed by atoms with Gasteiger partial charge >= 0.3 is 5.97 Å². The number of unbranched alkanes of at least 4 members (excludes halogenated alkanes) is 1. The van der Waals surface area contributed by atoms with Gasteiger partial charge in [0.2, 0.25) is 5.91 Å². The molecule has 2 fully saturated rings. The third-order valence-corrected chi connectivity index (χ3v) is 5.33. The maximum absolute atomic E-state index is 11.7. The fraction of sp³-hybridized carbons (Fsp3) is 0.706. The largest absolute Gasteiger partial charge is 0.481 e. The molecular formula is C17H26N4O3. The molecule has 132 valence electrons. The highest BCUT2D eigenvalue weighted by Crippen LogP contribution is 2.37. The normalized spacial score (nSPS) is 23.5. The molecule has 7 nitrogen and oxygen atoms in total. The molecule has 3 heterocycles. The molecule has 0 bridgehead atoms. The topological polar surface area (TPSA) is 98.3 Å². The molecule has 3 rings (SSSR count). The number of rotatable bonds is 6. The lowest BCUT2D eigenvalue weighted by Crippen LogP contribution is -2.55. The van der Waals surface area contributed by atoms with Crippen LogP contribution in [0.3, 0.4) is 0 Å². The molecule has 0 radical (unpaired) electrons. The number of aliphatic carboxylic acids is 1. The molecule has 1 aromatic heterocycles. The van der Waals surface area contributed by atoms with E-state index in [4.69, 9.17) is 0 Å². The molecule has 3 N–H and O–H groups in total. The van der Waals surface area contributed by atoms with Crippen molar-refractivity contribution in [2.45, 2.75) is 57.5 Å². The minimum absolute atomic E-state index is 0.108. The number of aromatic nitrogens is 2. The highest BCUT2D eigenvalue weighted by molar-refractivity contribution is 5.88. The standard InChI is InChI=1S/C17H26N4O3/c1-2-3-4-14-18-10-12(19-14)11-21-7-5-17(6-8-21)13(16(23)24)9-15(22)20-17/h10,13H,2-9,11H2,1H3,(H,18,19)(H,20,22)(H,23,24). The van der Waals surface area contributed by atoms with Gasteiger partial charge in [-0.1, -0.05) is 13.3 Å². The van der Waals surface area contributed by atoms with Gasteiger partial charge in [0.15, 0.2) is 0 Å². The van der Waals surface area contributed by atoms with Crippen molar-refractivity contribution in [3.63, 3.8) is 0 Å². The Kier molecular flexibility index (Phi) is 4.89. The molecule has 1 atom stereocenters. The summed E-state index contributed by atoms with van der Waals surface area (Å²) in [5.74, 6) is -0.560. The minimum Gasteiger partial charge on any atom is -0.481 e. The smallest absolute Gasteiger partial charge is 0.309 e. The number of aryl methyl sites for hydroxylation is 1. The van der Waals surface area contributed by atoms with Crippen LogP contribution in [0, 0.1) is 5.92 Å². The fourth-order valence-electron chi connectivity index (χ4n) is 3.90. The average Bonchev–Trinajstić information content (AvgIpc) is 3.12. The van der Waals surface area contributed by atoms with E-state index in [1.54, 1.807) is 0 Å². The van der Waals surface area contributed by atoms with E-state index in [9.17, 15) is 14.7 Å². The number of carbonyl (C=O) groups excluding carboxylic acids is 1. The Balaban J connectivity index is 1.56. The molecule has 0 aliphatic carbocycles. The van der Waals surface area contributed by atoms with Crippen LogP contribution in [0.4, 0.5) is 0 Å². The van der Waals surface area contributed by atoms with Crippen LogP contribution in [0.25, 0.3) is 0 Å². The zero-order chi connectivity index (χ0) is 17.2. The van der Waals surface area contributed by atoms with E-state index in [0.29, 0.717) is 12.8 Å². The number of nitrogens with zero attached hydrogens (tertiary/aromatic N) is 2. The first-order valence-electron chi connectivity index (χ1n) is 8.81. The summed E-state index contributed by atoms with van der Waals surface area (Å²) in [6, 6.07) is 0. The van der Waals surface area contributed by atoms with Crippen LogP contribution >= 0.6 is 0 Å². The summed E-state index contributed by atoms with van der Waals surface area (Å²) in [5.41, 5.74) is 0.543. The van der Waals surface area contributed by atoms with Crippen molar-refractivity contribution in [1.82, 2.24) is 20.2 Å². The van der Waals surface area contributed by atoms with Crippen LogP contribution in [0.5, 0.6) is 0 Å². The summed E-state index contributed by atoms with van der Waals surface area (Å²) < 4.78 is 0. The number of likely N-dealkylation sites (tertiary alicyclic amines) is 1. The Morgan fingerprint density at radius 3 is 2.88 bits per heavy atom. The molecule has 1 spiro atoms. The van der Waals surface area contributed by atoms with E-state index in [1.807, 2.05) is 6.20 Å². The lowest BCUT2D eigenvalue weighted by atomic mass is 9.78. The lowest BCUT2D eigenvalue weighted by Gasteiger charge is -2.41. The zero-order valence-electron chi connectivity index (χ0n) is 14.2. The van der Waals surface area contributed by atoms with Gasteiger partial charge < -0.3 is 15.4 Å². The summed E-state index contributed by atoms with van der Waals surface area (Å²) in [7, 11) is 0. The van der Waals surface area contributed by atoms with Gasteiger partial charge in [0.05, 0.1) is 11.5 Å². The Hall–Kier alpha value is -1.89. The number of carboxylic acid groups (broad SMARTS) is 1. The molecule has 1 unspecified atom stereocenters. The van der Waals surface area contributed by atoms with Crippen molar-refractivity contribution in [1.29, 1.82) is 0 Å². The number of carboxylic acids is 1. The van der Waals surface area contributed by atoms with E-state index in [2.05, 4.69) is 27.1 Å². The Morgan fingerprint density at radius 2 is 2.21 bits per heavy atom. The lowest BCUT2D eigenvalue weighted by molar-refractivity contribution is -0.144. The summed E-state index contributed by atoms with van der Waals surface area (Å²) in [4.78, 5) is 33.2. The van der Waals surface area contributed by atoms with Crippen molar-refractivity contribution in [3.05, 3.63) is 17.7 Å². The van der Waals surface area contributed by atoms with Crippen LogP contribution in [0.15, 0.2) is 6.20 Å². The van der Waals surface area contributed by atoms with Crippen molar-refractivity contribution < 1.29 is 14.7 Å². The highest BCUT2D eigenvalue weighted by atomic mass is 16.4. The number of hydrogen-bond donors (Lipinski definition) is 3. The molecule has 2 aliphatic rings. The monoisotopic (exact) mass is 334 g/mol. The summed E-state index contributed by atoms with van der Waals surface area (Å²) in [6.07, 6.45) is 6.64. The summed E-state index contributed by atoms with van der Waals surface area (Å²) in [6.45, 7) is 4.53. The van der Waals surface area contributed by atoms with E-state index < -0.39 is 17.4 Å². The van der Waals surface area contributed by atoms with Crippen molar-refractivity contribution >= 4 is 11.9 Å². The first kappa shape index (κ1) is 17.0. The SMILES string of the molecule is CCCCc1ncc(CN2CCC3(CC2)NC(=O)CC3C(=O)O)[nH]1. The van der Waals surface area contributed by atoms with Gasteiger partial charge in [0.1, 0.15) is 5.82 Å². The number of amides is 1. The van der Waals surface area contributed by atoms with E-state index in [-0.39, 0.29) is 12.3 Å².